The molecule has 0 saturated heterocycles. The molecule has 0 bridgehead atoms. The van der Waals surface area contributed by atoms with Gasteiger partial charge in [0, 0.05) is 18.8 Å². The van der Waals surface area contributed by atoms with Crippen LogP contribution < -0.4 is 10.6 Å². The molecule has 100 valence electrons. The van der Waals surface area contributed by atoms with Crippen molar-refractivity contribution >= 4 is 11.6 Å². The van der Waals surface area contributed by atoms with Gasteiger partial charge in [0.05, 0.1) is 24.1 Å². The molecule has 0 saturated carbocycles. The molecular weight excluding hydrogens is 240 g/mol. The Kier molecular flexibility index (Phi) is 4.22. The Bertz CT molecular complexity index is 537. The van der Waals surface area contributed by atoms with Gasteiger partial charge in [0.15, 0.2) is 0 Å². The van der Waals surface area contributed by atoms with E-state index in [1.807, 2.05) is 26.8 Å². The predicted molar refractivity (Wildman–Crippen MR) is 75.0 cm³/mol. The zero-order chi connectivity index (χ0) is 13.7. The molecule has 0 spiro atoms. The average Bonchev–Trinajstić information content (AvgIpc) is 2.38. The Hall–Kier alpha value is -2.24. The minimum atomic E-state index is 0.593. The third-order valence-electron chi connectivity index (χ3n) is 2.48. The van der Waals surface area contributed by atoms with Crippen molar-refractivity contribution in [3.8, 4) is 0 Å². The fraction of sp³-hybridized carbons (Fsp3) is 0.385. The van der Waals surface area contributed by atoms with Crippen LogP contribution in [0, 0.1) is 13.8 Å². The van der Waals surface area contributed by atoms with Gasteiger partial charge in [-0.3, -0.25) is 9.97 Å². The highest BCUT2D eigenvalue weighted by Crippen LogP contribution is 2.11. The highest BCUT2D eigenvalue weighted by molar-refractivity contribution is 5.47. The topological polar surface area (TPSA) is 75.6 Å². The monoisotopic (exact) mass is 258 g/mol. The number of hydrogen-bond donors (Lipinski definition) is 2. The molecule has 2 aromatic rings. The van der Waals surface area contributed by atoms with Crippen molar-refractivity contribution in [2.45, 2.75) is 27.3 Å². The fourth-order valence-corrected chi connectivity index (χ4v) is 1.62. The summed E-state index contributed by atoms with van der Waals surface area (Å²) in [5.74, 6) is 2.34. The molecule has 6 nitrogen and oxygen atoms in total. The van der Waals surface area contributed by atoms with Crippen LogP contribution in [0.2, 0.25) is 0 Å². The second-order valence-electron chi connectivity index (χ2n) is 4.22. The number of nitrogens with one attached hydrogen (secondary N) is 2. The first-order valence-corrected chi connectivity index (χ1v) is 6.28. The molecule has 6 heteroatoms. The lowest BCUT2D eigenvalue weighted by atomic mass is 10.4. The first-order chi connectivity index (χ1) is 9.17. The number of aromatic nitrogens is 4. The van der Waals surface area contributed by atoms with Gasteiger partial charge in [-0.1, -0.05) is 0 Å². The molecule has 2 N–H and O–H groups in total. The first kappa shape index (κ1) is 13.2. The maximum Gasteiger partial charge on any atom is 0.132 e. The largest absolute Gasteiger partial charge is 0.370 e. The van der Waals surface area contributed by atoms with E-state index >= 15 is 0 Å². The number of rotatable bonds is 5. The van der Waals surface area contributed by atoms with Gasteiger partial charge in [-0.2, -0.15) is 0 Å². The summed E-state index contributed by atoms with van der Waals surface area (Å²) in [6.45, 7) is 7.25. The van der Waals surface area contributed by atoms with Crippen molar-refractivity contribution < 1.29 is 0 Å². The second kappa shape index (κ2) is 6.08. The highest BCUT2D eigenvalue weighted by Gasteiger charge is 2.02. The molecule has 0 aliphatic heterocycles. The van der Waals surface area contributed by atoms with Crippen LogP contribution in [-0.2, 0) is 6.54 Å². The highest BCUT2D eigenvalue weighted by atomic mass is 15.1. The van der Waals surface area contributed by atoms with Crippen LogP contribution in [0.15, 0.2) is 18.5 Å². The SMILES string of the molecule is CCNc1cc(NCc2cnc(C)cn2)nc(C)n1. The molecule has 0 aliphatic carbocycles. The van der Waals surface area contributed by atoms with Gasteiger partial charge in [0.25, 0.3) is 0 Å². The Balaban J connectivity index is 2.04. The summed E-state index contributed by atoms with van der Waals surface area (Å²) >= 11 is 0. The molecule has 19 heavy (non-hydrogen) atoms. The summed E-state index contributed by atoms with van der Waals surface area (Å²) < 4.78 is 0. The van der Waals surface area contributed by atoms with Crippen molar-refractivity contribution in [1.82, 2.24) is 19.9 Å². The fourth-order valence-electron chi connectivity index (χ4n) is 1.62. The first-order valence-electron chi connectivity index (χ1n) is 6.28. The van der Waals surface area contributed by atoms with E-state index in [-0.39, 0.29) is 0 Å². The number of anilines is 2. The van der Waals surface area contributed by atoms with E-state index in [1.54, 1.807) is 12.4 Å². The summed E-state index contributed by atoms with van der Waals surface area (Å²) in [7, 11) is 0. The van der Waals surface area contributed by atoms with Crippen molar-refractivity contribution in [3.05, 3.63) is 35.7 Å². The van der Waals surface area contributed by atoms with Crippen molar-refractivity contribution in [1.29, 1.82) is 0 Å². The lowest BCUT2D eigenvalue weighted by molar-refractivity contribution is 0.961. The smallest absolute Gasteiger partial charge is 0.132 e. The molecule has 0 unspecified atom stereocenters. The molecule has 0 radical (unpaired) electrons. The van der Waals surface area contributed by atoms with E-state index in [0.717, 1.165) is 35.4 Å². The van der Waals surface area contributed by atoms with Crippen LogP contribution in [0.1, 0.15) is 24.1 Å². The predicted octanol–water partition coefficient (Wildman–Crippen LogP) is 1.93. The summed E-state index contributed by atoms with van der Waals surface area (Å²) in [5.41, 5.74) is 1.79. The van der Waals surface area contributed by atoms with Gasteiger partial charge in [-0.15, -0.1) is 0 Å². The van der Waals surface area contributed by atoms with Crippen LogP contribution in [0.25, 0.3) is 0 Å². The van der Waals surface area contributed by atoms with Crippen LogP contribution in [0.5, 0.6) is 0 Å². The van der Waals surface area contributed by atoms with E-state index in [9.17, 15) is 0 Å². The summed E-state index contributed by atoms with van der Waals surface area (Å²) in [4.78, 5) is 17.1. The van der Waals surface area contributed by atoms with Crippen LogP contribution in [-0.4, -0.2) is 26.5 Å². The number of hydrogen-bond acceptors (Lipinski definition) is 6. The maximum atomic E-state index is 4.34. The number of nitrogens with zero attached hydrogens (tertiary/aromatic N) is 4. The lowest BCUT2D eigenvalue weighted by Crippen LogP contribution is -2.07. The zero-order valence-electron chi connectivity index (χ0n) is 11.4. The van der Waals surface area contributed by atoms with Gasteiger partial charge in [0.2, 0.25) is 0 Å². The quantitative estimate of drug-likeness (QED) is 0.853. The van der Waals surface area contributed by atoms with Gasteiger partial charge >= 0.3 is 0 Å². The van der Waals surface area contributed by atoms with Gasteiger partial charge < -0.3 is 10.6 Å². The molecule has 0 aromatic carbocycles. The third-order valence-corrected chi connectivity index (χ3v) is 2.48. The molecule has 0 amide bonds. The Morgan fingerprint density at radius 1 is 1.00 bits per heavy atom. The zero-order valence-corrected chi connectivity index (χ0v) is 11.4. The second-order valence-corrected chi connectivity index (χ2v) is 4.22. The molecule has 2 aromatic heterocycles. The molecule has 2 heterocycles. The van der Waals surface area contributed by atoms with Gasteiger partial charge in [-0.25, -0.2) is 9.97 Å². The minimum Gasteiger partial charge on any atom is -0.370 e. The van der Waals surface area contributed by atoms with Crippen molar-refractivity contribution in [3.63, 3.8) is 0 Å². The summed E-state index contributed by atoms with van der Waals surface area (Å²) in [6.07, 6.45) is 3.52. The summed E-state index contributed by atoms with van der Waals surface area (Å²) in [6, 6.07) is 1.89. The third kappa shape index (κ3) is 3.87. The Labute approximate surface area is 112 Å². The van der Waals surface area contributed by atoms with Gasteiger partial charge in [0.1, 0.15) is 17.5 Å². The molecule has 0 atom stereocenters. The number of aryl methyl sites for hydroxylation is 2. The van der Waals surface area contributed by atoms with Crippen molar-refractivity contribution in [2.75, 3.05) is 17.2 Å². The van der Waals surface area contributed by atoms with E-state index in [0.29, 0.717) is 6.54 Å². The van der Waals surface area contributed by atoms with Crippen LogP contribution >= 0.6 is 0 Å². The van der Waals surface area contributed by atoms with E-state index in [2.05, 4.69) is 30.6 Å². The van der Waals surface area contributed by atoms with Crippen LogP contribution in [0.4, 0.5) is 11.6 Å². The summed E-state index contributed by atoms with van der Waals surface area (Å²) in [5, 5.41) is 6.40. The van der Waals surface area contributed by atoms with Gasteiger partial charge in [-0.05, 0) is 20.8 Å². The standard InChI is InChI=1S/C13H18N6/c1-4-14-12-5-13(19-10(3)18-12)17-8-11-7-15-9(2)6-16-11/h5-7H,4,8H2,1-3H3,(H2,14,17,18,19). The lowest BCUT2D eigenvalue weighted by Gasteiger charge is -2.08. The molecular formula is C13H18N6. The van der Waals surface area contributed by atoms with E-state index < -0.39 is 0 Å². The average molecular weight is 258 g/mol. The van der Waals surface area contributed by atoms with Crippen LogP contribution in [0.3, 0.4) is 0 Å². The minimum absolute atomic E-state index is 0.593. The van der Waals surface area contributed by atoms with E-state index in [1.165, 1.54) is 0 Å². The normalized spacial score (nSPS) is 10.3. The van der Waals surface area contributed by atoms with E-state index in [4.69, 9.17) is 0 Å². The molecule has 0 aliphatic rings. The maximum absolute atomic E-state index is 4.34. The molecule has 2 rings (SSSR count). The van der Waals surface area contributed by atoms with Crippen molar-refractivity contribution in [2.24, 2.45) is 0 Å². The molecule has 0 fully saturated rings. The Morgan fingerprint density at radius 2 is 1.74 bits per heavy atom. The Morgan fingerprint density at radius 3 is 2.37 bits per heavy atom.